The number of carbonyl (C=O) groups excluding carboxylic acids is 2. The summed E-state index contributed by atoms with van der Waals surface area (Å²) in [6.45, 7) is 8.48. The van der Waals surface area contributed by atoms with Crippen LogP contribution in [0, 0.1) is 6.92 Å². The van der Waals surface area contributed by atoms with Crippen LogP contribution in [-0.4, -0.2) is 95.5 Å². The summed E-state index contributed by atoms with van der Waals surface area (Å²) in [7, 11) is 0. The lowest BCUT2D eigenvalue weighted by atomic mass is 9.96. The summed E-state index contributed by atoms with van der Waals surface area (Å²) in [6.07, 6.45) is 6.96. The van der Waals surface area contributed by atoms with Gasteiger partial charge >= 0.3 is 0 Å². The number of aryl methyl sites for hydroxylation is 1. The van der Waals surface area contributed by atoms with Gasteiger partial charge in [0, 0.05) is 51.4 Å². The Kier molecular flexibility index (Phi) is 6.94. The number of ether oxygens (including phenoxy) is 1. The summed E-state index contributed by atoms with van der Waals surface area (Å²) in [5.74, 6) is 1.11. The molecule has 4 rings (SSSR count). The quantitative estimate of drug-likeness (QED) is 0.741. The zero-order chi connectivity index (χ0) is 20.9. The molecule has 8 nitrogen and oxygen atoms in total. The zero-order valence-corrected chi connectivity index (χ0v) is 18.0. The number of carbonyl (C=O) groups is 2. The molecule has 3 aliphatic rings. The number of aromatic nitrogens is 2. The molecule has 3 saturated heterocycles. The molecular weight excluding hydrogens is 382 g/mol. The van der Waals surface area contributed by atoms with E-state index in [0.29, 0.717) is 31.9 Å². The second-order valence-electron chi connectivity index (χ2n) is 8.65. The monoisotopic (exact) mass is 415 g/mol. The minimum Gasteiger partial charge on any atom is -0.379 e. The third-order valence-electron chi connectivity index (χ3n) is 6.47. The van der Waals surface area contributed by atoms with Gasteiger partial charge in [0.05, 0.1) is 31.0 Å². The van der Waals surface area contributed by atoms with E-state index < -0.39 is 0 Å². The second kappa shape index (κ2) is 9.83. The Morgan fingerprint density at radius 2 is 1.77 bits per heavy atom. The van der Waals surface area contributed by atoms with Gasteiger partial charge in [0.15, 0.2) is 0 Å². The van der Waals surface area contributed by atoms with Crippen LogP contribution in [0.4, 0.5) is 0 Å². The number of morpholine rings is 1. The minimum atomic E-state index is 0.0460. The van der Waals surface area contributed by atoms with Gasteiger partial charge in [-0.3, -0.25) is 14.5 Å². The summed E-state index contributed by atoms with van der Waals surface area (Å²) in [5.41, 5.74) is 1.35. The molecule has 0 saturated carbocycles. The molecule has 0 spiro atoms. The molecule has 4 heterocycles. The Bertz CT molecular complexity index is 759. The number of hydrogen-bond donors (Lipinski definition) is 0. The molecule has 0 bridgehead atoms. The molecular formula is C22H33N5O3. The average molecular weight is 416 g/mol. The number of nitrogens with zero attached hydrogens (tertiary/aromatic N) is 5. The first-order chi connectivity index (χ1) is 14.6. The van der Waals surface area contributed by atoms with Crippen molar-refractivity contribution in [3.8, 4) is 0 Å². The molecule has 0 aliphatic carbocycles. The fourth-order valence-corrected chi connectivity index (χ4v) is 4.62. The van der Waals surface area contributed by atoms with Crippen molar-refractivity contribution >= 4 is 11.8 Å². The minimum absolute atomic E-state index is 0.0460. The Balaban J connectivity index is 1.38. The van der Waals surface area contributed by atoms with Crippen LogP contribution in [0.5, 0.6) is 0 Å². The van der Waals surface area contributed by atoms with Crippen molar-refractivity contribution in [2.75, 3.05) is 59.0 Å². The molecule has 3 fully saturated rings. The van der Waals surface area contributed by atoms with Gasteiger partial charge in [-0.15, -0.1) is 0 Å². The highest BCUT2D eigenvalue weighted by atomic mass is 16.5. The molecule has 3 aliphatic heterocycles. The van der Waals surface area contributed by atoms with E-state index in [-0.39, 0.29) is 17.7 Å². The SMILES string of the molecule is Cc1nc(C2CCCN(C(=O)CN3CCOCC3)C2)ncc1C(=O)N1CCCCC1. The fourth-order valence-electron chi connectivity index (χ4n) is 4.62. The third-order valence-corrected chi connectivity index (χ3v) is 6.47. The van der Waals surface area contributed by atoms with E-state index in [0.717, 1.165) is 69.9 Å². The highest BCUT2D eigenvalue weighted by molar-refractivity contribution is 5.95. The molecule has 8 heteroatoms. The van der Waals surface area contributed by atoms with E-state index in [9.17, 15) is 9.59 Å². The van der Waals surface area contributed by atoms with Crippen molar-refractivity contribution in [1.29, 1.82) is 0 Å². The van der Waals surface area contributed by atoms with E-state index in [1.165, 1.54) is 6.42 Å². The van der Waals surface area contributed by atoms with Crippen LogP contribution in [0.25, 0.3) is 0 Å². The van der Waals surface area contributed by atoms with E-state index in [2.05, 4.69) is 9.88 Å². The summed E-state index contributed by atoms with van der Waals surface area (Å²) < 4.78 is 5.37. The van der Waals surface area contributed by atoms with Gasteiger partial charge in [-0.2, -0.15) is 0 Å². The summed E-state index contributed by atoms with van der Waals surface area (Å²) in [6, 6.07) is 0. The van der Waals surface area contributed by atoms with Crippen LogP contribution >= 0.6 is 0 Å². The summed E-state index contributed by atoms with van der Waals surface area (Å²) >= 11 is 0. The fraction of sp³-hybridized carbons (Fsp3) is 0.727. The first-order valence-electron chi connectivity index (χ1n) is 11.3. The van der Waals surface area contributed by atoms with Crippen LogP contribution in [0.3, 0.4) is 0 Å². The zero-order valence-electron chi connectivity index (χ0n) is 18.0. The van der Waals surface area contributed by atoms with E-state index in [1.807, 2.05) is 16.7 Å². The predicted octanol–water partition coefficient (Wildman–Crippen LogP) is 1.45. The summed E-state index contributed by atoms with van der Waals surface area (Å²) in [5, 5.41) is 0. The van der Waals surface area contributed by atoms with Crippen molar-refractivity contribution in [3.63, 3.8) is 0 Å². The van der Waals surface area contributed by atoms with Gasteiger partial charge in [0.25, 0.3) is 5.91 Å². The van der Waals surface area contributed by atoms with E-state index in [1.54, 1.807) is 6.20 Å². The average Bonchev–Trinajstić information content (AvgIpc) is 2.80. The van der Waals surface area contributed by atoms with Crippen molar-refractivity contribution in [1.82, 2.24) is 24.7 Å². The van der Waals surface area contributed by atoms with Crippen LogP contribution in [-0.2, 0) is 9.53 Å². The van der Waals surface area contributed by atoms with Crippen molar-refractivity contribution in [3.05, 3.63) is 23.3 Å². The highest BCUT2D eigenvalue weighted by Crippen LogP contribution is 2.25. The van der Waals surface area contributed by atoms with Gasteiger partial charge in [-0.25, -0.2) is 9.97 Å². The molecule has 0 radical (unpaired) electrons. The highest BCUT2D eigenvalue weighted by Gasteiger charge is 2.29. The molecule has 164 valence electrons. The maximum atomic E-state index is 12.8. The smallest absolute Gasteiger partial charge is 0.257 e. The molecule has 2 amide bonds. The first-order valence-corrected chi connectivity index (χ1v) is 11.3. The van der Waals surface area contributed by atoms with Crippen molar-refractivity contribution < 1.29 is 14.3 Å². The topological polar surface area (TPSA) is 78.9 Å². The maximum absolute atomic E-state index is 12.8. The van der Waals surface area contributed by atoms with Gasteiger partial charge < -0.3 is 14.5 Å². The Morgan fingerprint density at radius 1 is 1.03 bits per heavy atom. The lowest BCUT2D eigenvalue weighted by molar-refractivity contribution is -0.134. The standard InChI is InChI=1S/C22H33N5O3/c1-17-19(22(29)26-7-3-2-4-8-26)14-23-21(24-17)18-6-5-9-27(15-18)20(28)16-25-10-12-30-13-11-25/h14,18H,2-13,15-16H2,1H3. The molecule has 1 aromatic rings. The number of piperidine rings is 2. The van der Waals surface area contributed by atoms with Gasteiger partial charge in [-0.05, 0) is 39.0 Å². The second-order valence-corrected chi connectivity index (χ2v) is 8.65. The molecule has 1 unspecified atom stereocenters. The van der Waals surface area contributed by atoms with E-state index in [4.69, 9.17) is 9.72 Å². The van der Waals surface area contributed by atoms with Crippen LogP contribution in [0.1, 0.15) is 59.9 Å². The number of rotatable bonds is 4. The van der Waals surface area contributed by atoms with Gasteiger partial charge in [-0.1, -0.05) is 0 Å². The van der Waals surface area contributed by atoms with Crippen molar-refractivity contribution in [2.45, 2.75) is 44.9 Å². The molecule has 30 heavy (non-hydrogen) atoms. The Morgan fingerprint density at radius 3 is 2.50 bits per heavy atom. The van der Waals surface area contributed by atoms with Crippen LogP contribution < -0.4 is 0 Å². The van der Waals surface area contributed by atoms with Gasteiger partial charge in [0.2, 0.25) is 5.91 Å². The van der Waals surface area contributed by atoms with Crippen LogP contribution in [0.2, 0.25) is 0 Å². The van der Waals surface area contributed by atoms with Gasteiger partial charge in [0.1, 0.15) is 5.82 Å². The van der Waals surface area contributed by atoms with Crippen molar-refractivity contribution in [2.24, 2.45) is 0 Å². The van der Waals surface area contributed by atoms with E-state index >= 15 is 0 Å². The summed E-state index contributed by atoms with van der Waals surface area (Å²) in [4.78, 5) is 40.9. The maximum Gasteiger partial charge on any atom is 0.257 e. The van der Waals surface area contributed by atoms with Crippen LogP contribution in [0.15, 0.2) is 6.20 Å². The lowest BCUT2D eigenvalue weighted by Crippen LogP contribution is -2.47. The Hall–Kier alpha value is -2.06. The lowest BCUT2D eigenvalue weighted by Gasteiger charge is -2.34. The number of likely N-dealkylation sites (tertiary alicyclic amines) is 2. The predicted molar refractivity (Wildman–Crippen MR) is 112 cm³/mol. The largest absolute Gasteiger partial charge is 0.379 e. The first kappa shape index (κ1) is 21.2. The molecule has 1 atom stereocenters. The normalized spacial score (nSPS) is 23.4. The molecule has 1 aromatic heterocycles. The molecule has 0 N–H and O–H groups in total. The number of amides is 2. The Labute approximate surface area is 178 Å². The molecule has 0 aromatic carbocycles. The third kappa shape index (κ3) is 4.98. The number of hydrogen-bond acceptors (Lipinski definition) is 6.